The topological polar surface area (TPSA) is 80.7 Å². The summed E-state index contributed by atoms with van der Waals surface area (Å²) < 4.78 is 24.6. The van der Waals surface area contributed by atoms with Gasteiger partial charge >= 0.3 is 0 Å². The van der Waals surface area contributed by atoms with Crippen LogP contribution in [0.5, 0.6) is 17.2 Å². The lowest BCUT2D eigenvalue weighted by Crippen LogP contribution is -2.23. The molecule has 140 valence electrons. The van der Waals surface area contributed by atoms with E-state index in [0.29, 0.717) is 5.02 Å². The largest absolute Gasteiger partial charge is 0.506 e. The maximum Gasteiger partial charge on any atom is 0.256 e. The highest BCUT2D eigenvalue weighted by Crippen LogP contribution is 2.39. The fourth-order valence-electron chi connectivity index (χ4n) is 2.63. The number of nitrogens with zero attached hydrogens (tertiary/aromatic N) is 1. The number of halogens is 2. The van der Waals surface area contributed by atoms with Crippen molar-refractivity contribution in [1.29, 1.82) is 0 Å². The van der Waals surface area contributed by atoms with Gasteiger partial charge in [0.1, 0.15) is 16.8 Å². The van der Waals surface area contributed by atoms with E-state index in [1.165, 1.54) is 20.3 Å². The van der Waals surface area contributed by atoms with E-state index < -0.39 is 17.5 Å². The molecule has 8 heteroatoms. The third kappa shape index (κ3) is 3.59. The van der Waals surface area contributed by atoms with Gasteiger partial charge in [-0.1, -0.05) is 23.7 Å². The number of rotatable bonds is 5. The molecule has 6 nitrogen and oxygen atoms in total. The zero-order valence-corrected chi connectivity index (χ0v) is 15.3. The van der Waals surface area contributed by atoms with Crippen LogP contribution in [-0.4, -0.2) is 30.2 Å². The van der Waals surface area contributed by atoms with Gasteiger partial charge in [0.15, 0.2) is 17.3 Å². The van der Waals surface area contributed by atoms with Crippen LogP contribution in [0.25, 0.3) is 10.9 Å². The molecular weight excluding hydrogens is 375 g/mol. The second-order valence-corrected chi connectivity index (χ2v) is 6.09. The van der Waals surface area contributed by atoms with E-state index in [1.807, 2.05) is 0 Å². The summed E-state index contributed by atoms with van der Waals surface area (Å²) in [5.74, 6) is -1.77. The van der Waals surface area contributed by atoms with Crippen molar-refractivity contribution in [2.45, 2.75) is 6.54 Å². The number of carbonyl (C=O) groups excluding carboxylic acids is 1. The van der Waals surface area contributed by atoms with Crippen LogP contribution in [0.1, 0.15) is 15.9 Å². The van der Waals surface area contributed by atoms with Gasteiger partial charge < -0.3 is 19.9 Å². The van der Waals surface area contributed by atoms with Crippen LogP contribution in [0.2, 0.25) is 5.02 Å². The highest BCUT2D eigenvalue weighted by atomic mass is 35.5. The average molecular weight is 391 g/mol. The zero-order valence-electron chi connectivity index (χ0n) is 14.5. The minimum absolute atomic E-state index is 0.0456. The van der Waals surface area contributed by atoms with E-state index in [0.717, 1.165) is 11.8 Å². The van der Waals surface area contributed by atoms with E-state index >= 15 is 0 Å². The van der Waals surface area contributed by atoms with Gasteiger partial charge in [-0.05, 0) is 23.8 Å². The van der Waals surface area contributed by atoms with Gasteiger partial charge in [0.2, 0.25) is 0 Å². The SMILES string of the molecule is COc1cc2c(O)c(C(=O)NCc3ccc(Cl)cc3)cnc2c(F)c1OC. The normalized spacial score (nSPS) is 10.7. The van der Waals surface area contributed by atoms with E-state index in [4.69, 9.17) is 21.1 Å². The Morgan fingerprint density at radius 1 is 1.26 bits per heavy atom. The molecule has 0 bridgehead atoms. The Labute approximate surface area is 159 Å². The zero-order chi connectivity index (χ0) is 19.6. The first-order valence-corrected chi connectivity index (χ1v) is 8.28. The molecule has 0 atom stereocenters. The molecule has 1 aromatic heterocycles. The third-order valence-electron chi connectivity index (χ3n) is 4.03. The number of amides is 1. The Hall–Kier alpha value is -3.06. The molecule has 0 saturated carbocycles. The van der Waals surface area contributed by atoms with Gasteiger partial charge in [-0.25, -0.2) is 4.39 Å². The van der Waals surface area contributed by atoms with E-state index in [-0.39, 0.29) is 34.5 Å². The number of benzene rings is 2. The van der Waals surface area contributed by atoms with Crippen LogP contribution in [-0.2, 0) is 6.54 Å². The van der Waals surface area contributed by atoms with Crippen molar-refractivity contribution in [2.75, 3.05) is 14.2 Å². The molecular formula is C19H16ClFN2O4. The van der Waals surface area contributed by atoms with E-state index in [9.17, 15) is 14.3 Å². The number of hydrogen-bond donors (Lipinski definition) is 2. The molecule has 2 aromatic carbocycles. The standard InChI is InChI=1S/C19H16ClFN2O4/c1-26-14-7-12-16(15(21)18(14)27-2)22-9-13(17(12)24)19(25)23-8-10-3-5-11(20)6-4-10/h3-7,9H,8H2,1-2H3,(H,22,24)(H,23,25). The van der Waals surface area contributed by atoms with Crippen molar-refractivity contribution in [3.05, 3.63) is 58.5 Å². The van der Waals surface area contributed by atoms with Gasteiger partial charge in [-0.15, -0.1) is 0 Å². The number of hydrogen-bond acceptors (Lipinski definition) is 5. The average Bonchev–Trinajstić information content (AvgIpc) is 2.67. The third-order valence-corrected chi connectivity index (χ3v) is 4.28. The molecule has 0 unspecified atom stereocenters. The first kappa shape index (κ1) is 18.7. The highest BCUT2D eigenvalue weighted by molar-refractivity contribution is 6.30. The quantitative estimate of drug-likeness (QED) is 0.694. The second-order valence-electron chi connectivity index (χ2n) is 5.65. The summed E-state index contributed by atoms with van der Waals surface area (Å²) in [6, 6.07) is 8.33. The molecule has 0 spiro atoms. The number of pyridine rings is 1. The predicted octanol–water partition coefficient (Wildman–Crippen LogP) is 3.68. The van der Waals surface area contributed by atoms with E-state index in [1.54, 1.807) is 24.3 Å². The van der Waals surface area contributed by atoms with Crippen LogP contribution in [0.4, 0.5) is 4.39 Å². The maximum atomic E-state index is 14.5. The Kier molecular flexibility index (Phi) is 5.32. The van der Waals surface area contributed by atoms with Crippen LogP contribution >= 0.6 is 11.6 Å². The van der Waals surface area contributed by atoms with Crippen LogP contribution in [0.15, 0.2) is 36.5 Å². The number of nitrogens with one attached hydrogen (secondary N) is 1. The fourth-order valence-corrected chi connectivity index (χ4v) is 2.75. The molecule has 3 rings (SSSR count). The summed E-state index contributed by atoms with van der Waals surface area (Å²) in [6.07, 6.45) is 1.11. The molecule has 0 aliphatic rings. The Bertz CT molecular complexity index is 1010. The Morgan fingerprint density at radius 3 is 2.59 bits per heavy atom. The van der Waals surface area contributed by atoms with Gasteiger partial charge in [0, 0.05) is 23.2 Å². The molecule has 0 radical (unpaired) electrons. The van der Waals surface area contributed by atoms with Gasteiger partial charge in [0.05, 0.1) is 14.2 Å². The lowest BCUT2D eigenvalue weighted by Gasteiger charge is -2.13. The molecule has 1 amide bonds. The number of aromatic hydroxyl groups is 1. The second kappa shape index (κ2) is 7.67. The number of fused-ring (bicyclic) bond motifs is 1. The first-order valence-electron chi connectivity index (χ1n) is 7.91. The molecule has 27 heavy (non-hydrogen) atoms. The number of carbonyl (C=O) groups is 1. The minimum atomic E-state index is -0.782. The predicted molar refractivity (Wildman–Crippen MR) is 99.1 cm³/mol. The number of ether oxygens (including phenoxy) is 2. The van der Waals surface area contributed by atoms with Gasteiger partial charge in [0.25, 0.3) is 5.91 Å². The molecule has 0 fully saturated rings. The molecule has 1 heterocycles. The lowest BCUT2D eigenvalue weighted by atomic mass is 10.1. The molecule has 0 aliphatic carbocycles. The van der Waals surface area contributed by atoms with Crippen molar-refractivity contribution >= 4 is 28.4 Å². The summed E-state index contributed by atoms with van der Waals surface area (Å²) in [6.45, 7) is 0.230. The monoisotopic (exact) mass is 390 g/mol. The summed E-state index contributed by atoms with van der Waals surface area (Å²) >= 11 is 5.83. The summed E-state index contributed by atoms with van der Waals surface area (Å²) in [5, 5.41) is 13.8. The van der Waals surface area contributed by atoms with Crippen molar-refractivity contribution in [2.24, 2.45) is 0 Å². The lowest BCUT2D eigenvalue weighted by molar-refractivity contribution is 0.0948. The Morgan fingerprint density at radius 2 is 1.96 bits per heavy atom. The van der Waals surface area contributed by atoms with Gasteiger partial charge in [-0.3, -0.25) is 9.78 Å². The van der Waals surface area contributed by atoms with Crippen LogP contribution in [0.3, 0.4) is 0 Å². The summed E-state index contributed by atoms with van der Waals surface area (Å²) in [7, 11) is 2.64. The van der Waals surface area contributed by atoms with Crippen molar-refractivity contribution in [3.8, 4) is 17.2 Å². The smallest absolute Gasteiger partial charge is 0.256 e. The van der Waals surface area contributed by atoms with Gasteiger partial charge in [-0.2, -0.15) is 0 Å². The van der Waals surface area contributed by atoms with Crippen molar-refractivity contribution in [3.63, 3.8) is 0 Å². The van der Waals surface area contributed by atoms with E-state index in [2.05, 4.69) is 10.3 Å². The van der Waals surface area contributed by atoms with Crippen LogP contribution < -0.4 is 14.8 Å². The summed E-state index contributed by atoms with van der Waals surface area (Å²) in [4.78, 5) is 16.4. The summed E-state index contributed by atoms with van der Waals surface area (Å²) in [5.41, 5.74) is 0.626. The fraction of sp³-hybridized carbons (Fsp3) is 0.158. The molecule has 3 aromatic rings. The first-order chi connectivity index (χ1) is 13.0. The maximum absolute atomic E-state index is 14.5. The Balaban J connectivity index is 1.93. The van der Waals surface area contributed by atoms with Crippen LogP contribution in [0, 0.1) is 5.82 Å². The number of aromatic nitrogens is 1. The molecule has 2 N–H and O–H groups in total. The van der Waals surface area contributed by atoms with Crippen molar-refractivity contribution < 1.29 is 23.8 Å². The minimum Gasteiger partial charge on any atom is -0.506 e. The molecule has 0 saturated heterocycles. The highest BCUT2D eigenvalue weighted by Gasteiger charge is 2.22. The number of methoxy groups -OCH3 is 2. The molecule has 0 aliphatic heterocycles. The van der Waals surface area contributed by atoms with Crippen molar-refractivity contribution in [1.82, 2.24) is 10.3 Å².